The number of carbonyl (C=O) groups is 2. The van der Waals surface area contributed by atoms with E-state index in [2.05, 4.69) is 10.3 Å². The smallest absolute Gasteiger partial charge is 0.326 e. The SMILES string of the molecule is CC(C)[C@H](NC(=O)c1ccc(=O)[nH]c1)C(=O)O. The number of pyridine rings is 1. The molecule has 3 N–H and O–H groups in total. The predicted octanol–water partition coefficient (Wildman–Crippen LogP) is 0.214. The van der Waals surface area contributed by atoms with Crippen molar-refractivity contribution in [2.24, 2.45) is 5.92 Å². The number of aliphatic carboxylic acids is 1. The summed E-state index contributed by atoms with van der Waals surface area (Å²) in [6, 6.07) is 1.60. The van der Waals surface area contributed by atoms with Crippen LogP contribution in [0.3, 0.4) is 0 Å². The number of carboxylic acid groups (broad SMARTS) is 1. The third-order valence-electron chi connectivity index (χ3n) is 2.27. The van der Waals surface area contributed by atoms with Crippen molar-refractivity contribution in [1.29, 1.82) is 0 Å². The summed E-state index contributed by atoms with van der Waals surface area (Å²) in [6.07, 6.45) is 1.25. The molecule has 6 heteroatoms. The molecule has 0 saturated carbocycles. The van der Waals surface area contributed by atoms with Crippen LogP contribution in [0.25, 0.3) is 0 Å². The Kier molecular flexibility index (Phi) is 4.03. The van der Waals surface area contributed by atoms with Gasteiger partial charge in [-0.05, 0) is 12.0 Å². The van der Waals surface area contributed by atoms with E-state index in [0.717, 1.165) is 0 Å². The van der Waals surface area contributed by atoms with Crippen LogP contribution in [0.5, 0.6) is 0 Å². The van der Waals surface area contributed by atoms with Crippen molar-refractivity contribution in [3.05, 3.63) is 34.2 Å². The van der Waals surface area contributed by atoms with Crippen molar-refractivity contribution in [2.75, 3.05) is 0 Å². The topological polar surface area (TPSA) is 99.3 Å². The van der Waals surface area contributed by atoms with E-state index in [1.807, 2.05) is 0 Å². The Hall–Kier alpha value is -2.11. The van der Waals surface area contributed by atoms with Crippen molar-refractivity contribution in [3.8, 4) is 0 Å². The van der Waals surface area contributed by atoms with Gasteiger partial charge in [0.1, 0.15) is 6.04 Å². The van der Waals surface area contributed by atoms with Crippen LogP contribution in [0.15, 0.2) is 23.1 Å². The Labute approximate surface area is 97.7 Å². The third-order valence-corrected chi connectivity index (χ3v) is 2.27. The van der Waals surface area contributed by atoms with Crippen molar-refractivity contribution in [1.82, 2.24) is 10.3 Å². The lowest BCUT2D eigenvalue weighted by Crippen LogP contribution is -2.44. The van der Waals surface area contributed by atoms with Gasteiger partial charge in [0, 0.05) is 12.3 Å². The zero-order valence-corrected chi connectivity index (χ0v) is 9.56. The molecule has 0 aliphatic rings. The fraction of sp³-hybridized carbons (Fsp3) is 0.364. The number of carbonyl (C=O) groups excluding carboxylic acids is 1. The summed E-state index contributed by atoms with van der Waals surface area (Å²) in [7, 11) is 0. The molecule has 6 nitrogen and oxygen atoms in total. The third kappa shape index (κ3) is 3.44. The molecule has 1 aromatic heterocycles. The number of nitrogens with one attached hydrogen (secondary N) is 2. The first-order chi connectivity index (χ1) is 7.91. The largest absolute Gasteiger partial charge is 0.480 e. The van der Waals surface area contributed by atoms with Crippen LogP contribution in [-0.2, 0) is 4.79 Å². The molecule has 0 radical (unpaired) electrons. The predicted molar refractivity (Wildman–Crippen MR) is 60.8 cm³/mol. The lowest BCUT2D eigenvalue weighted by Gasteiger charge is -2.17. The number of hydrogen-bond acceptors (Lipinski definition) is 3. The monoisotopic (exact) mass is 238 g/mol. The van der Waals surface area contributed by atoms with Gasteiger partial charge in [0.25, 0.3) is 5.91 Å². The fourth-order valence-corrected chi connectivity index (χ4v) is 1.29. The van der Waals surface area contributed by atoms with Crippen LogP contribution in [0.1, 0.15) is 24.2 Å². The van der Waals surface area contributed by atoms with E-state index in [1.54, 1.807) is 13.8 Å². The highest BCUT2D eigenvalue weighted by Crippen LogP contribution is 2.03. The maximum Gasteiger partial charge on any atom is 0.326 e. The van der Waals surface area contributed by atoms with Crippen LogP contribution < -0.4 is 10.9 Å². The van der Waals surface area contributed by atoms with Gasteiger partial charge < -0.3 is 15.4 Å². The Balaban J connectivity index is 2.81. The Morgan fingerprint density at radius 2 is 2.00 bits per heavy atom. The summed E-state index contributed by atoms with van der Waals surface area (Å²) in [6.45, 7) is 3.40. The van der Waals surface area contributed by atoms with Crippen LogP contribution >= 0.6 is 0 Å². The number of hydrogen-bond donors (Lipinski definition) is 3. The molecule has 0 aliphatic heterocycles. The van der Waals surface area contributed by atoms with Gasteiger partial charge in [0.2, 0.25) is 5.56 Å². The molecule has 0 fully saturated rings. The minimum absolute atomic E-state index is 0.219. The first kappa shape index (κ1) is 13.0. The Bertz CT molecular complexity index is 458. The molecule has 17 heavy (non-hydrogen) atoms. The van der Waals surface area contributed by atoms with E-state index in [4.69, 9.17) is 5.11 Å². The van der Waals surface area contributed by atoms with Gasteiger partial charge in [-0.1, -0.05) is 13.8 Å². The summed E-state index contributed by atoms with van der Waals surface area (Å²) in [5.41, 5.74) is -0.100. The van der Waals surface area contributed by atoms with Gasteiger partial charge >= 0.3 is 5.97 Å². The van der Waals surface area contributed by atoms with Crippen molar-refractivity contribution >= 4 is 11.9 Å². The van der Waals surface area contributed by atoms with Crippen molar-refractivity contribution in [2.45, 2.75) is 19.9 Å². The highest BCUT2D eigenvalue weighted by Gasteiger charge is 2.23. The normalized spacial score (nSPS) is 12.2. The fourth-order valence-electron chi connectivity index (χ4n) is 1.29. The minimum Gasteiger partial charge on any atom is -0.480 e. The second kappa shape index (κ2) is 5.29. The maximum atomic E-state index is 11.7. The summed E-state index contributed by atoms with van der Waals surface area (Å²) < 4.78 is 0. The minimum atomic E-state index is -1.09. The van der Waals surface area contributed by atoms with E-state index in [9.17, 15) is 14.4 Å². The second-order valence-electron chi connectivity index (χ2n) is 3.97. The van der Waals surface area contributed by atoms with E-state index in [0.29, 0.717) is 0 Å². The molecular weight excluding hydrogens is 224 g/mol. The molecule has 1 atom stereocenters. The van der Waals surface area contributed by atoms with Gasteiger partial charge in [0.15, 0.2) is 0 Å². The van der Waals surface area contributed by atoms with Gasteiger partial charge in [-0.3, -0.25) is 9.59 Å². The number of aromatic nitrogens is 1. The molecule has 0 spiro atoms. The Morgan fingerprint density at radius 1 is 1.35 bits per heavy atom. The molecule has 1 amide bonds. The molecule has 0 aliphatic carbocycles. The molecule has 1 rings (SSSR count). The van der Waals surface area contributed by atoms with E-state index in [1.165, 1.54) is 18.3 Å². The molecule has 92 valence electrons. The van der Waals surface area contributed by atoms with Crippen molar-refractivity contribution in [3.63, 3.8) is 0 Å². The molecule has 0 bridgehead atoms. The van der Waals surface area contributed by atoms with E-state index in [-0.39, 0.29) is 17.0 Å². The number of carboxylic acids is 1. The lowest BCUT2D eigenvalue weighted by molar-refractivity contribution is -0.140. The zero-order chi connectivity index (χ0) is 13.0. The van der Waals surface area contributed by atoms with Crippen LogP contribution in [0, 0.1) is 5.92 Å². The number of aromatic amines is 1. The zero-order valence-electron chi connectivity index (χ0n) is 9.56. The van der Waals surface area contributed by atoms with Gasteiger partial charge in [-0.2, -0.15) is 0 Å². The molecule has 0 unspecified atom stereocenters. The molecular formula is C11H14N2O4. The Morgan fingerprint density at radius 3 is 2.41 bits per heavy atom. The van der Waals surface area contributed by atoms with Crippen LogP contribution in [0.2, 0.25) is 0 Å². The van der Waals surface area contributed by atoms with E-state index >= 15 is 0 Å². The van der Waals surface area contributed by atoms with Crippen molar-refractivity contribution < 1.29 is 14.7 Å². The highest BCUT2D eigenvalue weighted by atomic mass is 16.4. The van der Waals surface area contributed by atoms with Crippen LogP contribution in [0.4, 0.5) is 0 Å². The molecule has 1 aromatic rings. The molecule has 0 saturated heterocycles. The standard InChI is InChI=1S/C11H14N2O4/c1-6(2)9(11(16)17)13-10(15)7-3-4-8(14)12-5-7/h3-6,9H,1-2H3,(H,12,14)(H,13,15)(H,16,17)/t9-/m0/s1. The number of rotatable bonds is 4. The first-order valence-electron chi connectivity index (χ1n) is 5.14. The number of amides is 1. The number of H-pyrrole nitrogens is 1. The summed E-state index contributed by atoms with van der Waals surface area (Å²) in [4.78, 5) is 35.7. The molecule has 1 heterocycles. The highest BCUT2D eigenvalue weighted by molar-refractivity contribution is 5.96. The first-order valence-corrected chi connectivity index (χ1v) is 5.14. The quantitative estimate of drug-likeness (QED) is 0.698. The summed E-state index contributed by atoms with van der Waals surface area (Å²) in [5.74, 6) is -1.83. The lowest BCUT2D eigenvalue weighted by atomic mass is 10.0. The summed E-state index contributed by atoms with van der Waals surface area (Å²) >= 11 is 0. The molecule has 0 aromatic carbocycles. The van der Waals surface area contributed by atoms with E-state index < -0.39 is 17.9 Å². The second-order valence-corrected chi connectivity index (χ2v) is 3.97. The van der Waals surface area contributed by atoms with Gasteiger partial charge in [-0.25, -0.2) is 4.79 Å². The summed E-state index contributed by atoms with van der Waals surface area (Å²) in [5, 5.41) is 11.3. The van der Waals surface area contributed by atoms with Gasteiger partial charge in [0.05, 0.1) is 5.56 Å². The van der Waals surface area contributed by atoms with Gasteiger partial charge in [-0.15, -0.1) is 0 Å². The van der Waals surface area contributed by atoms with Crippen LogP contribution in [-0.4, -0.2) is 28.0 Å². The average molecular weight is 238 g/mol. The maximum absolute atomic E-state index is 11.7. The average Bonchev–Trinajstić information content (AvgIpc) is 2.25.